The summed E-state index contributed by atoms with van der Waals surface area (Å²) in [5.41, 5.74) is 3.15. The molecule has 3 aromatic rings. The minimum absolute atomic E-state index is 0.996. The fourth-order valence-electron chi connectivity index (χ4n) is 1.77. The highest BCUT2D eigenvalue weighted by Crippen LogP contribution is 2.27. The number of hydrogen-bond acceptors (Lipinski definition) is 3. The molecule has 0 unspecified atom stereocenters. The van der Waals surface area contributed by atoms with Gasteiger partial charge < -0.3 is 4.98 Å². The lowest BCUT2D eigenvalue weighted by Gasteiger charge is -1.95. The van der Waals surface area contributed by atoms with E-state index in [9.17, 15) is 0 Å². The van der Waals surface area contributed by atoms with Crippen molar-refractivity contribution in [3.8, 4) is 0 Å². The van der Waals surface area contributed by atoms with Gasteiger partial charge >= 0.3 is 0 Å². The fourth-order valence-corrected chi connectivity index (χ4v) is 2.28. The predicted molar refractivity (Wildman–Crippen MR) is 63.2 cm³/mol. The molecule has 3 rings (SSSR count). The van der Waals surface area contributed by atoms with E-state index in [-0.39, 0.29) is 0 Å². The van der Waals surface area contributed by atoms with Gasteiger partial charge in [0.25, 0.3) is 0 Å². The van der Waals surface area contributed by atoms with E-state index in [0.29, 0.717) is 0 Å². The zero-order valence-corrected chi connectivity index (χ0v) is 9.01. The molecule has 0 aliphatic rings. The van der Waals surface area contributed by atoms with Crippen molar-refractivity contribution in [1.82, 2.24) is 15.0 Å². The summed E-state index contributed by atoms with van der Waals surface area (Å²) in [5, 5.41) is 2.15. The molecule has 0 bridgehead atoms. The van der Waals surface area contributed by atoms with Gasteiger partial charge in [-0.2, -0.15) is 0 Å². The highest BCUT2D eigenvalue weighted by atomic mass is 32.2. The van der Waals surface area contributed by atoms with Crippen LogP contribution in [-0.4, -0.2) is 21.2 Å². The molecule has 0 radical (unpaired) electrons. The standard InChI is InChI=1S/C11H9N3S/c1-15-11-10-9(12-6-13-11)7-4-2-3-5-8(7)14-10/h2-6,14H,1H3. The molecule has 1 aromatic carbocycles. The van der Waals surface area contributed by atoms with Crippen LogP contribution in [0.2, 0.25) is 0 Å². The molecule has 3 nitrogen and oxygen atoms in total. The predicted octanol–water partition coefficient (Wildman–Crippen LogP) is 2.83. The molecule has 0 amide bonds. The van der Waals surface area contributed by atoms with Crippen molar-refractivity contribution in [3.05, 3.63) is 30.6 Å². The zero-order valence-electron chi connectivity index (χ0n) is 8.19. The number of para-hydroxylation sites is 1. The SMILES string of the molecule is CSc1ncnc2c1[nH]c1ccccc12. The molecule has 0 aliphatic heterocycles. The average molecular weight is 215 g/mol. The second-order valence-corrected chi connectivity index (χ2v) is 4.07. The molecule has 4 heteroatoms. The lowest BCUT2D eigenvalue weighted by Crippen LogP contribution is -1.83. The van der Waals surface area contributed by atoms with Crippen LogP contribution in [0.15, 0.2) is 35.6 Å². The highest BCUT2D eigenvalue weighted by Gasteiger charge is 2.08. The van der Waals surface area contributed by atoms with Crippen LogP contribution >= 0.6 is 11.8 Å². The van der Waals surface area contributed by atoms with E-state index in [1.165, 1.54) is 0 Å². The Kier molecular flexibility index (Phi) is 1.89. The lowest BCUT2D eigenvalue weighted by molar-refractivity contribution is 1.10. The maximum atomic E-state index is 4.32. The molecule has 0 spiro atoms. The second-order valence-electron chi connectivity index (χ2n) is 3.28. The van der Waals surface area contributed by atoms with Gasteiger partial charge in [-0.1, -0.05) is 18.2 Å². The Bertz CT molecular complexity index is 630. The molecule has 0 aliphatic carbocycles. The van der Waals surface area contributed by atoms with Gasteiger partial charge in [-0.05, 0) is 12.3 Å². The summed E-state index contributed by atoms with van der Waals surface area (Å²) in [6.45, 7) is 0. The smallest absolute Gasteiger partial charge is 0.123 e. The third kappa shape index (κ3) is 1.22. The number of thioether (sulfide) groups is 1. The molecular formula is C11H9N3S. The molecule has 0 saturated heterocycles. The molecule has 0 saturated carbocycles. The van der Waals surface area contributed by atoms with Gasteiger partial charge in [0, 0.05) is 10.9 Å². The van der Waals surface area contributed by atoms with Gasteiger partial charge in [0.1, 0.15) is 16.9 Å². The third-order valence-corrected chi connectivity index (χ3v) is 3.14. The monoisotopic (exact) mass is 215 g/mol. The minimum atomic E-state index is 0.996. The molecule has 0 atom stereocenters. The Morgan fingerprint density at radius 1 is 1.20 bits per heavy atom. The van der Waals surface area contributed by atoms with Crippen LogP contribution in [-0.2, 0) is 0 Å². The molecule has 15 heavy (non-hydrogen) atoms. The number of fused-ring (bicyclic) bond motifs is 3. The normalized spacial score (nSPS) is 11.3. The van der Waals surface area contributed by atoms with Gasteiger partial charge in [-0.3, -0.25) is 0 Å². The average Bonchev–Trinajstić information content (AvgIpc) is 2.67. The molecule has 2 aromatic heterocycles. The van der Waals surface area contributed by atoms with Crippen molar-refractivity contribution in [2.45, 2.75) is 5.03 Å². The van der Waals surface area contributed by atoms with E-state index in [0.717, 1.165) is 27.0 Å². The number of nitrogens with one attached hydrogen (secondary N) is 1. The van der Waals surface area contributed by atoms with Crippen molar-refractivity contribution in [2.75, 3.05) is 6.26 Å². The highest BCUT2D eigenvalue weighted by molar-refractivity contribution is 7.98. The van der Waals surface area contributed by atoms with Gasteiger partial charge in [0.05, 0.1) is 5.52 Å². The van der Waals surface area contributed by atoms with Gasteiger partial charge in [-0.25, -0.2) is 9.97 Å². The largest absolute Gasteiger partial charge is 0.351 e. The van der Waals surface area contributed by atoms with Gasteiger partial charge in [-0.15, -0.1) is 11.8 Å². The third-order valence-electron chi connectivity index (χ3n) is 2.45. The molecule has 1 N–H and O–H groups in total. The molecular weight excluding hydrogens is 206 g/mol. The quantitative estimate of drug-likeness (QED) is 0.501. The summed E-state index contributed by atoms with van der Waals surface area (Å²) < 4.78 is 0. The summed E-state index contributed by atoms with van der Waals surface area (Å²) in [6, 6.07) is 8.17. The van der Waals surface area contributed by atoms with E-state index in [4.69, 9.17) is 0 Å². The van der Waals surface area contributed by atoms with Crippen LogP contribution in [0.3, 0.4) is 0 Å². The fraction of sp³-hybridized carbons (Fsp3) is 0.0909. The first-order valence-corrected chi connectivity index (χ1v) is 5.88. The number of rotatable bonds is 1. The first-order chi connectivity index (χ1) is 7.40. The Morgan fingerprint density at radius 3 is 2.93 bits per heavy atom. The Labute approximate surface area is 90.9 Å². The first-order valence-electron chi connectivity index (χ1n) is 4.65. The van der Waals surface area contributed by atoms with Crippen LogP contribution in [0.4, 0.5) is 0 Å². The van der Waals surface area contributed by atoms with Crippen molar-refractivity contribution in [2.24, 2.45) is 0 Å². The van der Waals surface area contributed by atoms with Crippen molar-refractivity contribution in [3.63, 3.8) is 0 Å². The topological polar surface area (TPSA) is 41.6 Å². The van der Waals surface area contributed by atoms with Crippen molar-refractivity contribution < 1.29 is 0 Å². The van der Waals surface area contributed by atoms with E-state index in [1.807, 2.05) is 18.4 Å². The van der Waals surface area contributed by atoms with Crippen LogP contribution in [0.5, 0.6) is 0 Å². The minimum Gasteiger partial charge on any atom is -0.351 e. The Morgan fingerprint density at radius 2 is 2.07 bits per heavy atom. The number of benzene rings is 1. The number of hydrogen-bond donors (Lipinski definition) is 1. The summed E-state index contributed by atoms with van der Waals surface area (Å²) >= 11 is 1.63. The summed E-state index contributed by atoms with van der Waals surface area (Å²) in [7, 11) is 0. The maximum absolute atomic E-state index is 4.32. The number of nitrogens with zero attached hydrogens (tertiary/aromatic N) is 2. The van der Waals surface area contributed by atoms with Gasteiger partial charge in [0.15, 0.2) is 0 Å². The first kappa shape index (κ1) is 8.73. The second kappa shape index (κ2) is 3.24. The zero-order chi connectivity index (χ0) is 10.3. The van der Waals surface area contributed by atoms with Gasteiger partial charge in [0.2, 0.25) is 0 Å². The van der Waals surface area contributed by atoms with Crippen LogP contribution in [0, 0.1) is 0 Å². The molecule has 74 valence electrons. The van der Waals surface area contributed by atoms with Crippen molar-refractivity contribution >= 4 is 33.7 Å². The van der Waals surface area contributed by atoms with Crippen molar-refractivity contribution in [1.29, 1.82) is 0 Å². The van der Waals surface area contributed by atoms with E-state index >= 15 is 0 Å². The van der Waals surface area contributed by atoms with E-state index < -0.39 is 0 Å². The van der Waals surface area contributed by atoms with E-state index in [2.05, 4.69) is 27.1 Å². The Hall–Kier alpha value is -1.55. The lowest BCUT2D eigenvalue weighted by atomic mass is 10.2. The van der Waals surface area contributed by atoms with Crippen LogP contribution < -0.4 is 0 Å². The number of aromatic nitrogens is 3. The summed E-state index contributed by atoms with van der Waals surface area (Å²) in [4.78, 5) is 11.9. The number of H-pyrrole nitrogens is 1. The molecule has 0 fully saturated rings. The maximum Gasteiger partial charge on any atom is 0.123 e. The molecule has 2 heterocycles. The summed E-state index contributed by atoms with van der Waals surface area (Å²) in [6.07, 6.45) is 3.64. The van der Waals surface area contributed by atoms with Crippen LogP contribution in [0.1, 0.15) is 0 Å². The van der Waals surface area contributed by atoms with E-state index in [1.54, 1.807) is 18.1 Å². The Balaban J connectivity index is 2.53. The number of aromatic amines is 1. The summed E-state index contributed by atoms with van der Waals surface area (Å²) in [5.74, 6) is 0. The van der Waals surface area contributed by atoms with Crippen LogP contribution in [0.25, 0.3) is 21.9 Å².